The van der Waals surface area contributed by atoms with Crippen LogP contribution in [0.4, 0.5) is 0 Å². The first kappa shape index (κ1) is 24.2. The molecule has 23 heavy (non-hydrogen) atoms. The van der Waals surface area contributed by atoms with Crippen LogP contribution in [0.2, 0.25) is 0 Å². The molecule has 0 aliphatic carbocycles. The molecule has 0 amide bonds. The number of carbonyl (C=O) groups is 1. The number of rotatable bonds is 7. The summed E-state index contributed by atoms with van der Waals surface area (Å²) in [4.78, 5) is 12.6. The maximum Gasteiger partial charge on any atom is 0.169 e. The molecular formula is C20H33BrO2. The SMILES string of the molecule is C=C(C)Oc1cc(Br)ccc1C(=O)C(CC)CCC.CC.CC. The van der Waals surface area contributed by atoms with Crippen LogP contribution in [0, 0.1) is 5.92 Å². The quantitative estimate of drug-likeness (QED) is 0.360. The Hall–Kier alpha value is -1.09. The van der Waals surface area contributed by atoms with E-state index in [-0.39, 0.29) is 11.7 Å². The second-order valence-corrected chi connectivity index (χ2v) is 5.62. The molecular weight excluding hydrogens is 352 g/mol. The van der Waals surface area contributed by atoms with Gasteiger partial charge in [-0.05, 0) is 38.0 Å². The molecule has 132 valence electrons. The van der Waals surface area contributed by atoms with Crippen molar-refractivity contribution < 1.29 is 9.53 Å². The Kier molecular flexibility index (Phi) is 15.2. The summed E-state index contributed by atoms with van der Waals surface area (Å²) >= 11 is 3.40. The molecule has 0 radical (unpaired) electrons. The first-order valence-corrected chi connectivity index (χ1v) is 9.46. The summed E-state index contributed by atoms with van der Waals surface area (Å²) in [6, 6.07) is 5.51. The van der Waals surface area contributed by atoms with E-state index in [2.05, 4.69) is 36.4 Å². The highest BCUT2D eigenvalue weighted by Gasteiger charge is 2.21. The standard InChI is InChI=1S/C16H21BrO2.2C2H6/c1-5-7-12(6-2)16(18)14-9-8-13(17)10-15(14)19-11(3)4;2*1-2/h8-10,12H,3,5-7H2,1-2,4H3;2*1-2H3. The van der Waals surface area contributed by atoms with Gasteiger partial charge in [-0.15, -0.1) is 0 Å². The van der Waals surface area contributed by atoms with E-state index in [0.29, 0.717) is 17.1 Å². The molecule has 1 aromatic rings. The van der Waals surface area contributed by atoms with Crippen molar-refractivity contribution in [1.29, 1.82) is 0 Å². The van der Waals surface area contributed by atoms with E-state index < -0.39 is 0 Å². The topological polar surface area (TPSA) is 26.3 Å². The lowest BCUT2D eigenvalue weighted by molar-refractivity contribution is 0.0906. The highest BCUT2D eigenvalue weighted by molar-refractivity contribution is 9.10. The highest BCUT2D eigenvalue weighted by Crippen LogP contribution is 2.29. The maximum absolute atomic E-state index is 12.6. The molecule has 0 aromatic heterocycles. The summed E-state index contributed by atoms with van der Waals surface area (Å²) in [6.45, 7) is 17.7. The van der Waals surface area contributed by atoms with Gasteiger partial charge in [0.15, 0.2) is 5.78 Å². The van der Waals surface area contributed by atoms with E-state index >= 15 is 0 Å². The lowest BCUT2D eigenvalue weighted by Gasteiger charge is -2.16. The summed E-state index contributed by atoms with van der Waals surface area (Å²) in [6.07, 6.45) is 2.78. The molecule has 0 bridgehead atoms. The highest BCUT2D eigenvalue weighted by atomic mass is 79.9. The van der Waals surface area contributed by atoms with Crippen LogP contribution < -0.4 is 4.74 Å². The Morgan fingerprint density at radius 3 is 2.22 bits per heavy atom. The van der Waals surface area contributed by atoms with Gasteiger partial charge < -0.3 is 4.74 Å². The molecule has 1 atom stereocenters. The fourth-order valence-corrected chi connectivity index (χ4v) is 2.40. The number of benzene rings is 1. The fraction of sp³-hybridized carbons (Fsp3) is 0.550. The molecule has 0 fully saturated rings. The second kappa shape index (κ2) is 14.5. The maximum atomic E-state index is 12.6. The van der Waals surface area contributed by atoms with Gasteiger partial charge in [0.05, 0.1) is 11.3 Å². The zero-order valence-electron chi connectivity index (χ0n) is 15.8. The van der Waals surface area contributed by atoms with Gasteiger partial charge in [0.25, 0.3) is 0 Å². The molecule has 0 spiro atoms. The number of hydrogen-bond acceptors (Lipinski definition) is 2. The third-order valence-corrected chi connectivity index (χ3v) is 3.49. The largest absolute Gasteiger partial charge is 0.462 e. The monoisotopic (exact) mass is 384 g/mol. The zero-order chi connectivity index (χ0) is 18.4. The number of halogens is 1. The minimum absolute atomic E-state index is 0.0682. The number of Topliss-reactive ketones (excluding diaryl/α,β-unsaturated/α-hetero) is 1. The summed E-state index contributed by atoms with van der Waals surface area (Å²) < 4.78 is 6.47. The second-order valence-electron chi connectivity index (χ2n) is 4.70. The van der Waals surface area contributed by atoms with Gasteiger partial charge >= 0.3 is 0 Å². The van der Waals surface area contributed by atoms with Gasteiger partial charge in [0.1, 0.15) is 5.75 Å². The predicted molar refractivity (Wildman–Crippen MR) is 105 cm³/mol. The zero-order valence-corrected chi connectivity index (χ0v) is 17.4. The Balaban J connectivity index is 0. The summed E-state index contributed by atoms with van der Waals surface area (Å²) in [7, 11) is 0. The minimum atomic E-state index is 0.0682. The molecule has 0 heterocycles. The smallest absolute Gasteiger partial charge is 0.169 e. The van der Waals surface area contributed by atoms with E-state index in [1.165, 1.54) is 0 Å². The summed E-state index contributed by atoms with van der Waals surface area (Å²) in [5, 5.41) is 0. The summed E-state index contributed by atoms with van der Waals surface area (Å²) in [5.74, 6) is 1.39. The molecule has 0 aliphatic rings. The Labute approximate surface area is 151 Å². The van der Waals surface area contributed by atoms with Crippen LogP contribution in [0.25, 0.3) is 0 Å². The van der Waals surface area contributed by atoms with Crippen LogP contribution in [-0.4, -0.2) is 5.78 Å². The van der Waals surface area contributed by atoms with Gasteiger partial charge in [-0.1, -0.05) is 70.5 Å². The van der Waals surface area contributed by atoms with Crippen molar-refractivity contribution in [3.8, 4) is 5.75 Å². The minimum Gasteiger partial charge on any atom is -0.462 e. The van der Waals surface area contributed by atoms with E-state index in [1.807, 2.05) is 45.9 Å². The molecule has 1 unspecified atom stereocenters. The molecule has 3 heteroatoms. The number of carbonyl (C=O) groups excluding carboxylic acids is 1. The van der Waals surface area contributed by atoms with Crippen LogP contribution in [0.5, 0.6) is 5.75 Å². The van der Waals surface area contributed by atoms with Crippen molar-refractivity contribution in [3.63, 3.8) is 0 Å². The molecule has 0 saturated heterocycles. The average molecular weight is 385 g/mol. The van der Waals surface area contributed by atoms with Crippen molar-refractivity contribution in [2.24, 2.45) is 5.92 Å². The molecule has 0 aliphatic heterocycles. The average Bonchev–Trinajstić information content (AvgIpc) is 2.55. The van der Waals surface area contributed by atoms with Crippen molar-refractivity contribution in [2.45, 2.75) is 67.7 Å². The summed E-state index contributed by atoms with van der Waals surface area (Å²) in [5.41, 5.74) is 0.645. The van der Waals surface area contributed by atoms with Gasteiger partial charge in [-0.25, -0.2) is 0 Å². The molecule has 1 rings (SSSR count). The van der Waals surface area contributed by atoms with Crippen LogP contribution >= 0.6 is 15.9 Å². The Morgan fingerprint density at radius 1 is 1.22 bits per heavy atom. The van der Waals surface area contributed by atoms with Crippen LogP contribution in [-0.2, 0) is 0 Å². The Morgan fingerprint density at radius 2 is 1.78 bits per heavy atom. The molecule has 0 saturated carbocycles. The first-order chi connectivity index (χ1) is 11.0. The van der Waals surface area contributed by atoms with Crippen LogP contribution in [0.3, 0.4) is 0 Å². The molecule has 0 N–H and O–H groups in total. The fourth-order valence-electron chi connectivity index (χ4n) is 2.06. The van der Waals surface area contributed by atoms with Crippen LogP contribution in [0.1, 0.15) is 78.1 Å². The van der Waals surface area contributed by atoms with Crippen molar-refractivity contribution in [3.05, 3.63) is 40.6 Å². The lowest BCUT2D eigenvalue weighted by Crippen LogP contribution is -2.15. The van der Waals surface area contributed by atoms with E-state index in [1.54, 1.807) is 6.92 Å². The van der Waals surface area contributed by atoms with Gasteiger partial charge in [0.2, 0.25) is 0 Å². The number of hydrogen-bond donors (Lipinski definition) is 0. The molecule has 2 nitrogen and oxygen atoms in total. The van der Waals surface area contributed by atoms with Crippen molar-refractivity contribution >= 4 is 21.7 Å². The van der Waals surface area contributed by atoms with Crippen molar-refractivity contribution in [2.75, 3.05) is 0 Å². The van der Waals surface area contributed by atoms with E-state index in [4.69, 9.17) is 4.74 Å². The van der Waals surface area contributed by atoms with Crippen LogP contribution in [0.15, 0.2) is 35.0 Å². The molecule has 1 aromatic carbocycles. The normalized spacial score (nSPS) is 10.4. The third kappa shape index (κ3) is 8.95. The van der Waals surface area contributed by atoms with Gasteiger partial charge in [0, 0.05) is 10.4 Å². The Bertz CT molecular complexity index is 467. The van der Waals surface area contributed by atoms with Crippen molar-refractivity contribution in [1.82, 2.24) is 0 Å². The number of ketones is 1. The van der Waals surface area contributed by atoms with E-state index in [0.717, 1.165) is 23.7 Å². The number of allylic oxidation sites excluding steroid dienone is 1. The van der Waals surface area contributed by atoms with Gasteiger partial charge in [-0.3, -0.25) is 4.79 Å². The third-order valence-electron chi connectivity index (χ3n) is 2.99. The van der Waals surface area contributed by atoms with E-state index in [9.17, 15) is 4.79 Å². The lowest BCUT2D eigenvalue weighted by atomic mass is 9.91. The number of ether oxygens (including phenoxy) is 1. The predicted octanol–water partition coefficient (Wildman–Crippen LogP) is 7.42. The first-order valence-electron chi connectivity index (χ1n) is 8.66. The van der Waals surface area contributed by atoms with Gasteiger partial charge in [-0.2, -0.15) is 0 Å².